The summed E-state index contributed by atoms with van der Waals surface area (Å²) < 4.78 is 0. The van der Waals surface area contributed by atoms with Crippen LogP contribution in [0.1, 0.15) is 32.6 Å². The fourth-order valence-electron chi connectivity index (χ4n) is 2.99. The van der Waals surface area contributed by atoms with Gasteiger partial charge in [-0.1, -0.05) is 0 Å². The highest BCUT2D eigenvalue weighted by molar-refractivity contribution is 5.85. The van der Waals surface area contributed by atoms with Gasteiger partial charge >= 0.3 is 0 Å². The molecule has 15 heavy (non-hydrogen) atoms. The van der Waals surface area contributed by atoms with Gasteiger partial charge in [-0.3, -0.25) is 0 Å². The first-order valence-electron chi connectivity index (χ1n) is 5.87. The summed E-state index contributed by atoms with van der Waals surface area (Å²) in [5.74, 6) is 0. The summed E-state index contributed by atoms with van der Waals surface area (Å²) in [5.41, 5.74) is 5.83. The van der Waals surface area contributed by atoms with E-state index < -0.39 is 0 Å². The highest BCUT2D eigenvalue weighted by atomic mass is 35.5. The van der Waals surface area contributed by atoms with E-state index in [1.165, 1.54) is 25.7 Å². The van der Waals surface area contributed by atoms with Crippen molar-refractivity contribution < 1.29 is 0 Å². The normalized spacial score (nSPS) is 36.4. The zero-order valence-electron chi connectivity index (χ0n) is 9.78. The Bertz CT molecular complexity index is 186. The maximum atomic E-state index is 5.83. The second-order valence-corrected chi connectivity index (χ2v) is 5.18. The molecule has 0 aromatic rings. The van der Waals surface area contributed by atoms with Gasteiger partial charge < -0.3 is 16.0 Å². The van der Waals surface area contributed by atoms with E-state index in [9.17, 15) is 0 Å². The van der Waals surface area contributed by atoms with Gasteiger partial charge in [0.15, 0.2) is 0 Å². The molecular formula is C11H24ClN3. The van der Waals surface area contributed by atoms with E-state index in [1.54, 1.807) is 0 Å². The Morgan fingerprint density at radius 2 is 1.87 bits per heavy atom. The van der Waals surface area contributed by atoms with Gasteiger partial charge in [-0.15, -0.1) is 12.4 Å². The first kappa shape index (κ1) is 13.2. The van der Waals surface area contributed by atoms with Crippen molar-refractivity contribution in [1.82, 2.24) is 10.2 Å². The molecule has 0 amide bonds. The second kappa shape index (κ2) is 5.48. The minimum absolute atomic E-state index is 0. The highest BCUT2D eigenvalue weighted by Crippen LogP contribution is 2.29. The molecule has 2 rings (SSSR count). The fraction of sp³-hybridized carbons (Fsp3) is 1.00. The first-order chi connectivity index (χ1) is 6.65. The molecule has 3 nitrogen and oxygen atoms in total. The molecule has 90 valence electrons. The van der Waals surface area contributed by atoms with Crippen molar-refractivity contribution in [3.63, 3.8) is 0 Å². The van der Waals surface area contributed by atoms with Gasteiger partial charge in [0.1, 0.15) is 0 Å². The number of nitrogens with zero attached hydrogens (tertiary/aromatic N) is 1. The first-order valence-corrected chi connectivity index (χ1v) is 5.87. The zero-order valence-corrected chi connectivity index (χ0v) is 10.6. The van der Waals surface area contributed by atoms with Crippen molar-refractivity contribution in [2.75, 3.05) is 13.6 Å². The van der Waals surface area contributed by atoms with Gasteiger partial charge in [-0.25, -0.2) is 0 Å². The van der Waals surface area contributed by atoms with Crippen LogP contribution < -0.4 is 11.1 Å². The van der Waals surface area contributed by atoms with E-state index in [4.69, 9.17) is 5.73 Å². The summed E-state index contributed by atoms with van der Waals surface area (Å²) in [6.45, 7) is 3.12. The number of halogens is 1. The molecule has 0 spiro atoms. The van der Waals surface area contributed by atoms with Crippen LogP contribution in [0.5, 0.6) is 0 Å². The standard InChI is InChI=1S/C11H23N3.ClH/c1-8(12)7-14(2)11-5-9-3-4-10(6-11)13-9;/h8-11,13H,3-7,12H2,1-2H3;1H. The Balaban J connectivity index is 0.00000112. The van der Waals surface area contributed by atoms with E-state index in [-0.39, 0.29) is 12.4 Å². The Morgan fingerprint density at radius 1 is 1.33 bits per heavy atom. The third-order valence-electron chi connectivity index (χ3n) is 3.65. The molecule has 0 aromatic heterocycles. The molecule has 4 heteroatoms. The van der Waals surface area contributed by atoms with Crippen molar-refractivity contribution in [1.29, 1.82) is 0 Å². The van der Waals surface area contributed by atoms with Gasteiger partial charge in [0.05, 0.1) is 0 Å². The molecule has 2 aliphatic heterocycles. The molecule has 2 heterocycles. The molecule has 0 aliphatic carbocycles. The third-order valence-corrected chi connectivity index (χ3v) is 3.65. The van der Waals surface area contributed by atoms with E-state index in [2.05, 4.69) is 24.2 Å². The number of nitrogens with two attached hydrogens (primary N) is 1. The topological polar surface area (TPSA) is 41.3 Å². The summed E-state index contributed by atoms with van der Waals surface area (Å²) in [5, 5.41) is 3.67. The second-order valence-electron chi connectivity index (χ2n) is 5.18. The average Bonchev–Trinajstić information content (AvgIpc) is 2.44. The number of nitrogens with one attached hydrogen (secondary N) is 1. The van der Waals surface area contributed by atoms with Crippen molar-refractivity contribution in [2.45, 2.75) is 56.8 Å². The van der Waals surface area contributed by atoms with Gasteiger partial charge in [-0.05, 0) is 39.7 Å². The lowest BCUT2D eigenvalue weighted by Gasteiger charge is -2.36. The fourth-order valence-corrected chi connectivity index (χ4v) is 2.99. The molecule has 0 radical (unpaired) electrons. The van der Waals surface area contributed by atoms with Crippen LogP contribution in [0.4, 0.5) is 0 Å². The Hall–Kier alpha value is 0.170. The van der Waals surface area contributed by atoms with Crippen molar-refractivity contribution in [2.24, 2.45) is 5.73 Å². The number of hydrogen-bond acceptors (Lipinski definition) is 3. The molecule has 3 N–H and O–H groups in total. The predicted octanol–water partition coefficient (Wildman–Crippen LogP) is 0.970. The third kappa shape index (κ3) is 3.31. The van der Waals surface area contributed by atoms with Crippen molar-refractivity contribution >= 4 is 12.4 Å². The van der Waals surface area contributed by atoms with Crippen LogP contribution in [0.25, 0.3) is 0 Å². The van der Waals surface area contributed by atoms with Crippen LogP contribution in [0.15, 0.2) is 0 Å². The van der Waals surface area contributed by atoms with Crippen molar-refractivity contribution in [3.05, 3.63) is 0 Å². The monoisotopic (exact) mass is 233 g/mol. The highest BCUT2D eigenvalue weighted by Gasteiger charge is 2.34. The van der Waals surface area contributed by atoms with Crippen LogP contribution in [0.3, 0.4) is 0 Å². The summed E-state index contributed by atoms with van der Waals surface area (Å²) >= 11 is 0. The maximum Gasteiger partial charge on any atom is 0.0139 e. The molecule has 2 aliphatic rings. The number of fused-ring (bicyclic) bond motifs is 2. The SMILES string of the molecule is CC(N)CN(C)C1CC2CCC(C1)N2.Cl. The van der Waals surface area contributed by atoms with Crippen LogP contribution in [0, 0.1) is 0 Å². The van der Waals surface area contributed by atoms with Crippen LogP contribution in [-0.2, 0) is 0 Å². The molecule has 2 bridgehead atoms. The van der Waals surface area contributed by atoms with E-state index in [0.717, 1.165) is 24.7 Å². The van der Waals surface area contributed by atoms with E-state index in [0.29, 0.717) is 6.04 Å². The van der Waals surface area contributed by atoms with Gasteiger partial charge in [0.2, 0.25) is 0 Å². The summed E-state index contributed by atoms with van der Waals surface area (Å²) in [6, 6.07) is 2.64. The Morgan fingerprint density at radius 3 is 2.33 bits per heavy atom. The molecule has 3 atom stereocenters. The molecule has 0 saturated carbocycles. The summed E-state index contributed by atoms with van der Waals surface area (Å²) in [6.07, 6.45) is 5.40. The zero-order chi connectivity index (χ0) is 10.1. The lowest BCUT2D eigenvalue weighted by atomic mass is 9.98. The van der Waals surface area contributed by atoms with Gasteiger partial charge in [0.25, 0.3) is 0 Å². The van der Waals surface area contributed by atoms with E-state index in [1.807, 2.05) is 0 Å². The van der Waals surface area contributed by atoms with Crippen molar-refractivity contribution in [3.8, 4) is 0 Å². The summed E-state index contributed by atoms with van der Waals surface area (Å²) in [7, 11) is 2.22. The Labute approximate surface area is 99.2 Å². The van der Waals surface area contributed by atoms with Crippen LogP contribution in [0.2, 0.25) is 0 Å². The van der Waals surface area contributed by atoms with Gasteiger partial charge in [0, 0.05) is 30.7 Å². The quantitative estimate of drug-likeness (QED) is 0.764. The molecule has 2 saturated heterocycles. The number of likely N-dealkylation sites (N-methyl/N-ethyl adjacent to an activating group) is 1. The molecule has 0 aromatic carbocycles. The van der Waals surface area contributed by atoms with Crippen LogP contribution in [-0.4, -0.2) is 42.7 Å². The summed E-state index contributed by atoms with van der Waals surface area (Å²) in [4.78, 5) is 2.46. The lowest BCUT2D eigenvalue weighted by molar-refractivity contribution is 0.166. The minimum Gasteiger partial charge on any atom is -0.327 e. The molecule has 3 unspecified atom stereocenters. The predicted molar refractivity (Wildman–Crippen MR) is 66.5 cm³/mol. The minimum atomic E-state index is 0. The molecular weight excluding hydrogens is 210 g/mol. The van der Waals surface area contributed by atoms with Crippen LogP contribution >= 0.6 is 12.4 Å². The van der Waals surface area contributed by atoms with E-state index >= 15 is 0 Å². The lowest BCUT2D eigenvalue weighted by Crippen LogP contribution is -2.49. The maximum absolute atomic E-state index is 5.83. The van der Waals surface area contributed by atoms with Gasteiger partial charge in [-0.2, -0.15) is 0 Å². The molecule has 2 fully saturated rings. The largest absolute Gasteiger partial charge is 0.327 e. The Kier molecular flexibility index (Phi) is 4.84. The average molecular weight is 234 g/mol. The number of rotatable bonds is 3. The smallest absolute Gasteiger partial charge is 0.0139 e. The number of hydrogen-bond donors (Lipinski definition) is 2. The number of piperidine rings is 1.